The normalized spacial score (nSPS) is 16.8. The Balaban J connectivity index is 1.93. The molecule has 72 heavy (non-hydrogen) atoms. The van der Waals surface area contributed by atoms with E-state index in [0.29, 0.717) is 97.3 Å². The van der Waals surface area contributed by atoms with Crippen LogP contribution < -0.4 is 16.4 Å². The van der Waals surface area contributed by atoms with Crippen LogP contribution in [0.2, 0.25) is 0 Å². The van der Waals surface area contributed by atoms with Gasteiger partial charge < -0.3 is 69.0 Å². The maximum atomic E-state index is 14.6. The number of likely N-dealkylation sites (N-methyl/N-ethyl adjacent to an activating group) is 2. The van der Waals surface area contributed by atoms with Crippen LogP contribution in [0.25, 0.3) is 0 Å². The third kappa shape index (κ3) is 23.0. The van der Waals surface area contributed by atoms with Crippen LogP contribution in [0, 0.1) is 23.7 Å². The Hall–Kier alpha value is -3.37. The van der Waals surface area contributed by atoms with Gasteiger partial charge >= 0.3 is 0 Å². The van der Waals surface area contributed by atoms with Gasteiger partial charge in [0.25, 0.3) is 0 Å². The quantitative estimate of drug-likeness (QED) is 0.0625. The summed E-state index contributed by atoms with van der Waals surface area (Å²) in [5, 5.41) is 6.43. The minimum Gasteiger partial charge on any atom is -0.379 e. The van der Waals surface area contributed by atoms with Crippen LogP contribution in [0.1, 0.15) is 86.1 Å². The molecule has 0 spiro atoms. The van der Waals surface area contributed by atoms with Crippen molar-refractivity contribution in [2.75, 3.05) is 127 Å². The molecule has 8 atom stereocenters. The number of hydrogen-bond acceptors (Lipinski definition) is 14. The van der Waals surface area contributed by atoms with Crippen molar-refractivity contribution >= 4 is 40.8 Å². The molecule has 414 valence electrons. The Kier molecular flexibility index (Phi) is 33.6. The number of rotatable bonds is 40. The van der Waals surface area contributed by atoms with E-state index in [2.05, 4.69) is 22.8 Å². The largest absolute Gasteiger partial charge is 0.379 e. The second kappa shape index (κ2) is 37.4. The third-order valence-electron chi connectivity index (χ3n) is 13.3. The summed E-state index contributed by atoms with van der Waals surface area (Å²) in [5.41, 5.74) is 6.60. The minimum absolute atomic E-state index is 0.0539. The molecule has 0 radical (unpaired) electrons. The average Bonchev–Trinajstić information content (AvgIpc) is 3.85. The van der Waals surface area contributed by atoms with E-state index in [1.165, 1.54) is 10.5 Å². The van der Waals surface area contributed by atoms with Crippen molar-refractivity contribution in [2.45, 2.75) is 123 Å². The van der Waals surface area contributed by atoms with E-state index in [9.17, 15) is 19.2 Å². The van der Waals surface area contributed by atoms with Gasteiger partial charge in [-0.1, -0.05) is 97.4 Å². The number of thiocarbonyl (C=S) groups is 1. The number of methoxy groups -OCH3 is 2. The number of ether oxygens (including phenoxy) is 8. The van der Waals surface area contributed by atoms with Crippen LogP contribution >= 0.6 is 12.2 Å². The molecule has 2 rings (SSSR count). The molecule has 1 aliphatic rings. The minimum atomic E-state index is -0.908. The maximum Gasteiger partial charge on any atom is 0.245 e. The van der Waals surface area contributed by atoms with Crippen LogP contribution in [-0.4, -0.2) is 207 Å². The smallest absolute Gasteiger partial charge is 0.245 e. The summed E-state index contributed by atoms with van der Waals surface area (Å²) >= 11 is 5.85. The van der Waals surface area contributed by atoms with Crippen molar-refractivity contribution in [3.8, 4) is 0 Å². The molecule has 1 aliphatic heterocycles. The highest BCUT2D eigenvalue weighted by Crippen LogP contribution is 2.30. The molecule has 0 bridgehead atoms. The average molecular weight is 1040 g/mol. The number of nitrogens with two attached hydrogens (primary N) is 1. The van der Waals surface area contributed by atoms with E-state index in [0.717, 1.165) is 25.7 Å². The summed E-state index contributed by atoms with van der Waals surface area (Å²) in [6, 6.07) is 7.83. The number of benzene rings is 1. The zero-order chi connectivity index (χ0) is 53.4. The van der Waals surface area contributed by atoms with Crippen LogP contribution in [0.4, 0.5) is 0 Å². The topological polar surface area (TPSA) is 202 Å². The van der Waals surface area contributed by atoms with Crippen LogP contribution in [0.15, 0.2) is 30.3 Å². The first-order valence-electron chi connectivity index (χ1n) is 26.2. The molecule has 18 nitrogen and oxygen atoms in total. The first kappa shape index (κ1) is 64.7. The Morgan fingerprint density at radius 2 is 1.31 bits per heavy atom. The molecule has 1 fully saturated rings. The third-order valence-corrected chi connectivity index (χ3v) is 13.9. The number of amides is 4. The Labute approximate surface area is 437 Å². The summed E-state index contributed by atoms with van der Waals surface area (Å²) in [6.45, 7) is 20.4. The van der Waals surface area contributed by atoms with Crippen molar-refractivity contribution < 1.29 is 57.1 Å². The number of carbonyl (C=O) groups is 4. The molecule has 1 saturated heterocycles. The number of nitrogens with zero attached hydrogens (tertiary/aromatic N) is 3. The molecule has 19 heteroatoms. The lowest BCUT2D eigenvalue weighted by molar-refractivity contribution is -0.148. The zero-order valence-electron chi connectivity index (χ0n) is 45.7. The van der Waals surface area contributed by atoms with E-state index < -0.39 is 30.1 Å². The molecular formula is C53H94N6O12S. The second-order valence-corrected chi connectivity index (χ2v) is 19.7. The van der Waals surface area contributed by atoms with Gasteiger partial charge in [-0.15, -0.1) is 0 Å². The zero-order valence-corrected chi connectivity index (χ0v) is 46.6. The number of nitrogens with one attached hydrogen (secondary N) is 2. The van der Waals surface area contributed by atoms with Gasteiger partial charge in [0.15, 0.2) is 0 Å². The van der Waals surface area contributed by atoms with Gasteiger partial charge in [0.05, 0.1) is 121 Å². The molecule has 0 aromatic heterocycles. The number of carbonyl (C=O) groups excluding carboxylic acids is 4. The lowest BCUT2D eigenvalue weighted by Gasteiger charge is -2.41. The predicted octanol–water partition coefficient (Wildman–Crippen LogP) is 4.14. The number of likely N-dealkylation sites (tertiary alicyclic amines) is 1. The van der Waals surface area contributed by atoms with Gasteiger partial charge in [-0.25, -0.2) is 0 Å². The standard InChI is InChI=1S/C53H94N6O12S/c1-12-40(6)49(44(64-10)37-46(61)59-24-16-19-43(59)50(65-11)41(7)52(72)55-23-20-42-17-14-13-15-18-42)58(9)53(63)47(38(2)3)56-51(62)48(39(4)5)57(8)45(60)21-25-66-27-29-68-31-33-70-35-36-71-34-32-69-30-28-67-26-22-54/h13-15,17-18,38-41,43-44,47-50H,12,16,19-37,54H2,1-11H3,(H,55,72)(H,56,62). The monoisotopic (exact) mass is 1040 g/mol. The molecule has 8 unspecified atom stereocenters. The van der Waals surface area contributed by atoms with Gasteiger partial charge in [-0.2, -0.15) is 0 Å². The van der Waals surface area contributed by atoms with Gasteiger partial charge in [-0.3, -0.25) is 19.2 Å². The van der Waals surface area contributed by atoms with Crippen LogP contribution in [0.5, 0.6) is 0 Å². The van der Waals surface area contributed by atoms with Crippen molar-refractivity contribution in [1.82, 2.24) is 25.3 Å². The highest BCUT2D eigenvalue weighted by Gasteiger charge is 2.43. The Bertz CT molecular complexity index is 1670. The van der Waals surface area contributed by atoms with Crippen molar-refractivity contribution in [2.24, 2.45) is 29.4 Å². The molecule has 0 aliphatic carbocycles. The predicted molar refractivity (Wildman–Crippen MR) is 284 cm³/mol. The van der Waals surface area contributed by atoms with Gasteiger partial charge in [0, 0.05) is 53.9 Å². The van der Waals surface area contributed by atoms with E-state index in [-0.39, 0.29) is 73.0 Å². The fourth-order valence-electron chi connectivity index (χ4n) is 9.12. The molecule has 0 saturated carbocycles. The summed E-state index contributed by atoms with van der Waals surface area (Å²) in [4.78, 5) is 62.2. The molecule has 1 heterocycles. The molecule has 1 aromatic carbocycles. The maximum absolute atomic E-state index is 14.6. The fourth-order valence-corrected chi connectivity index (χ4v) is 9.35. The van der Waals surface area contributed by atoms with E-state index in [1.54, 1.807) is 33.2 Å². The summed E-state index contributed by atoms with van der Waals surface area (Å²) in [6.07, 6.45) is 2.35. The lowest BCUT2D eigenvalue weighted by atomic mass is 9.89. The first-order chi connectivity index (χ1) is 34.5. The summed E-state index contributed by atoms with van der Waals surface area (Å²) in [7, 11) is 6.58. The highest BCUT2D eigenvalue weighted by atomic mass is 32.1. The van der Waals surface area contributed by atoms with Crippen molar-refractivity contribution in [3.63, 3.8) is 0 Å². The van der Waals surface area contributed by atoms with Crippen LogP contribution in [-0.2, 0) is 63.5 Å². The fraction of sp³-hybridized carbons (Fsp3) is 0.792. The number of hydrogen-bond donors (Lipinski definition) is 3. The van der Waals surface area contributed by atoms with Gasteiger partial charge in [0.1, 0.15) is 12.1 Å². The van der Waals surface area contributed by atoms with Gasteiger partial charge in [-0.05, 0) is 42.6 Å². The Morgan fingerprint density at radius 1 is 0.764 bits per heavy atom. The first-order valence-corrected chi connectivity index (χ1v) is 26.6. The van der Waals surface area contributed by atoms with Crippen LogP contribution in [0.3, 0.4) is 0 Å². The van der Waals surface area contributed by atoms with E-state index in [4.69, 9.17) is 55.8 Å². The van der Waals surface area contributed by atoms with E-state index in [1.807, 2.05) is 71.6 Å². The summed E-state index contributed by atoms with van der Waals surface area (Å²) < 4.78 is 45.1. The molecular weight excluding hydrogens is 945 g/mol. The van der Waals surface area contributed by atoms with Crippen molar-refractivity contribution in [3.05, 3.63) is 35.9 Å². The molecule has 4 N–H and O–H groups in total. The highest BCUT2D eigenvalue weighted by molar-refractivity contribution is 7.80. The van der Waals surface area contributed by atoms with E-state index >= 15 is 0 Å². The molecule has 1 aromatic rings. The lowest BCUT2D eigenvalue weighted by Crippen LogP contribution is -2.60. The summed E-state index contributed by atoms with van der Waals surface area (Å²) in [5.74, 6) is -1.80. The Morgan fingerprint density at radius 3 is 1.79 bits per heavy atom. The molecule has 4 amide bonds. The van der Waals surface area contributed by atoms with Gasteiger partial charge in [0.2, 0.25) is 23.6 Å². The SMILES string of the molecule is CCC(C)C(C(CC(=O)N1CCCC1C(OC)C(C)C(=S)NCCc1ccccc1)OC)N(C)C(=O)C(NC(=O)C(C(C)C)N(C)C(=O)CCOCCOCCOCCOCCOCCOCCN)C(C)C. The van der Waals surface area contributed by atoms with Crippen molar-refractivity contribution in [1.29, 1.82) is 0 Å². The second-order valence-electron chi connectivity index (χ2n) is 19.3.